The first-order chi connectivity index (χ1) is 11.2. The van der Waals surface area contributed by atoms with E-state index in [9.17, 15) is 9.59 Å². The summed E-state index contributed by atoms with van der Waals surface area (Å²) in [6, 6.07) is 7.08. The summed E-state index contributed by atoms with van der Waals surface area (Å²) in [5, 5.41) is 2.86. The molecule has 5 heteroatoms. The Morgan fingerprint density at radius 3 is 2.09 bits per heavy atom. The molecule has 0 atom stereocenters. The molecule has 5 nitrogen and oxygen atoms in total. The predicted molar refractivity (Wildman–Crippen MR) is 92.8 cm³/mol. The fraction of sp³-hybridized carbons (Fsp3) is 0.556. The van der Waals surface area contributed by atoms with Gasteiger partial charge in [-0.1, -0.05) is 12.8 Å². The number of nitrogens with one attached hydrogen (secondary N) is 1. The fourth-order valence-electron chi connectivity index (χ4n) is 2.87. The molecule has 0 saturated carbocycles. The molecule has 3 amide bonds. The van der Waals surface area contributed by atoms with Crippen LogP contribution in [0.25, 0.3) is 0 Å². The monoisotopic (exact) mass is 317 g/mol. The number of urea groups is 1. The maximum atomic E-state index is 12.5. The van der Waals surface area contributed by atoms with Crippen LogP contribution < -0.4 is 5.32 Å². The molecule has 1 saturated heterocycles. The van der Waals surface area contributed by atoms with Gasteiger partial charge in [0, 0.05) is 37.4 Å². The molecule has 2 rings (SSSR count). The number of anilines is 1. The van der Waals surface area contributed by atoms with Crippen LogP contribution in [0.4, 0.5) is 10.5 Å². The topological polar surface area (TPSA) is 52.7 Å². The molecule has 0 aromatic heterocycles. The Morgan fingerprint density at radius 2 is 1.57 bits per heavy atom. The highest BCUT2D eigenvalue weighted by molar-refractivity contribution is 5.95. The van der Waals surface area contributed by atoms with Crippen molar-refractivity contribution in [2.24, 2.45) is 0 Å². The molecule has 1 heterocycles. The molecule has 0 radical (unpaired) electrons. The fourth-order valence-corrected chi connectivity index (χ4v) is 2.87. The normalized spacial score (nSPS) is 15.0. The van der Waals surface area contributed by atoms with E-state index in [2.05, 4.69) is 5.32 Å². The molecule has 1 aliphatic heterocycles. The minimum absolute atomic E-state index is 0.0912. The minimum Gasteiger partial charge on any atom is -0.339 e. The Kier molecular flexibility index (Phi) is 6.44. The van der Waals surface area contributed by atoms with E-state index < -0.39 is 0 Å². The molecule has 23 heavy (non-hydrogen) atoms. The van der Waals surface area contributed by atoms with E-state index in [1.165, 1.54) is 12.8 Å². The van der Waals surface area contributed by atoms with E-state index >= 15 is 0 Å². The van der Waals surface area contributed by atoms with Gasteiger partial charge in [0.2, 0.25) is 0 Å². The average molecular weight is 317 g/mol. The summed E-state index contributed by atoms with van der Waals surface area (Å²) in [7, 11) is 0. The van der Waals surface area contributed by atoms with Gasteiger partial charge in [0.15, 0.2) is 0 Å². The third-order valence-electron chi connectivity index (χ3n) is 4.33. The summed E-state index contributed by atoms with van der Waals surface area (Å²) in [6.45, 7) is 6.94. The van der Waals surface area contributed by atoms with Gasteiger partial charge in [0.05, 0.1) is 0 Å². The minimum atomic E-state index is -0.110. The lowest BCUT2D eigenvalue weighted by Gasteiger charge is -2.21. The molecule has 1 N–H and O–H groups in total. The number of hydrogen-bond acceptors (Lipinski definition) is 2. The number of nitrogens with zero attached hydrogens (tertiary/aromatic N) is 2. The third-order valence-corrected chi connectivity index (χ3v) is 4.33. The third kappa shape index (κ3) is 4.71. The first-order valence-electron chi connectivity index (χ1n) is 8.61. The van der Waals surface area contributed by atoms with E-state index in [4.69, 9.17) is 0 Å². The van der Waals surface area contributed by atoms with Crippen molar-refractivity contribution in [1.82, 2.24) is 9.80 Å². The standard InChI is InChI=1S/C18H27N3O2/c1-3-20(4-2)18(23)19-16-11-9-15(10-12-16)17(22)21-13-7-5-6-8-14-21/h9-12H,3-8,13-14H2,1-2H3,(H,19,23). The van der Waals surface area contributed by atoms with Crippen molar-refractivity contribution in [2.45, 2.75) is 39.5 Å². The summed E-state index contributed by atoms with van der Waals surface area (Å²) in [4.78, 5) is 28.2. The number of hydrogen-bond donors (Lipinski definition) is 1. The zero-order chi connectivity index (χ0) is 16.7. The summed E-state index contributed by atoms with van der Waals surface area (Å²) < 4.78 is 0. The SMILES string of the molecule is CCN(CC)C(=O)Nc1ccc(C(=O)N2CCCCCC2)cc1. The molecule has 1 fully saturated rings. The van der Waals surface area contributed by atoms with Crippen molar-refractivity contribution in [3.05, 3.63) is 29.8 Å². The van der Waals surface area contributed by atoms with Gasteiger partial charge >= 0.3 is 6.03 Å². The van der Waals surface area contributed by atoms with Crippen LogP contribution >= 0.6 is 0 Å². The molecule has 0 spiro atoms. The number of benzene rings is 1. The van der Waals surface area contributed by atoms with E-state index in [-0.39, 0.29) is 11.9 Å². The molecule has 126 valence electrons. The van der Waals surface area contributed by atoms with Crippen molar-refractivity contribution in [2.75, 3.05) is 31.5 Å². The van der Waals surface area contributed by atoms with Gasteiger partial charge in [-0.15, -0.1) is 0 Å². The first kappa shape index (κ1) is 17.3. The summed E-state index contributed by atoms with van der Waals surface area (Å²) in [5.41, 5.74) is 1.40. The summed E-state index contributed by atoms with van der Waals surface area (Å²) in [6.07, 6.45) is 4.59. The number of carbonyl (C=O) groups is 2. The number of rotatable bonds is 4. The van der Waals surface area contributed by atoms with Crippen LogP contribution in [0.5, 0.6) is 0 Å². The van der Waals surface area contributed by atoms with E-state index in [1.54, 1.807) is 29.2 Å². The van der Waals surface area contributed by atoms with Gasteiger partial charge in [-0.25, -0.2) is 4.79 Å². The smallest absolute Gasteiger partial charge is 0.321 e. The summed E-state index contributed by atoms with van der Waals surface area (Å²) >= 11 is 0. The van der Waals surface area contributed by atoms with Crippen LogP contribution in [0.15, 0.2) is 24.3 Å². The second kappa shape index (κ2) is 8.56. The molecular weight excluding hydrogens is 290 g/mol. The predicted octanol–water partition coefficient (Wildman–Crippen LogP) is 3.58. The Labute approximate surface area is 138 Å². The van der Waals surface area contributed by atoms with Crippen LogP contribution in [0.2, 0.25) is 0 Å². The van der Waals surface area contributed by atoms with Gasteiger partial charge in [-0.2, -0.15) is 0 Å². The van der Waals surface area contributed by atoms with Gasteiger partial charge < -0.3 is 15.1 Å². The number of amides is 3. The average Bonchev–Trinajstić information content (AvgIpc) is 2.85. The highest BCUT2D eigenvalue weighted by atomic mass is 16.2. The van der Waals surface area contributed by atoms with Crippen LogP contribution in [-0.2, 0) is 0 Å². The first-order valence-corrected chi connectivity index (χ1v) is 8.61. The molecule has 0 aliphatic carbocycles. The van der Waals surface area contributed by atoms with Crippen LogP contribution in [0, 0.1) is 0 Å². The Balaban J connectivity index is 1.98. The lowest BCUT2D eigenvalue weighted by Crippen LogP contribution is -2.34. The van der Waals surface area contributed by atoms with Crippen LogP contribution in [0.1, 0.15) is 49.9 Å². The summed E-state index contributed by atoms with van der Waals surface area (Å²) in [5.74, 6) is 0.0912. The Bertz CT molecular complexity index is 516. The van der Waals surface area contributed by atoms with E-state index in [0.29, 0.717) is 24.3 Å². The number of carbonyl (C=O) groups excluding carboxylic acids is 2. The zero-order valence-electron chi connectivity index (χ0n) is 14.2. The molecule has 0 unspecified atom stereocenters. The Morgan fingerprint density at radius 1 is 1.00 bits per heavy atom. The van der Waals surface area contributed by atoms with Crippen molar-refractivity contribution in [1.29, 1.82) is 0 Å². The second-order valence-electron chi connectivity index (χ2n) is 5.89. The van der Waals surface area contributed by atoms with Gasteiger partial charge in [-0.05, 0) is 51.0 Å². The highest BCUT2D eigenvalue weighted by Gasteiger charge is 2.17. The zero-order valence-corrected chi connectivity index (χ0v) is 14.2. The molecule has 1 aliphatic rings. The lowest BCUT2D eigenvalue weighted by molar-refractivity contribution is 0.0761. The van der Waals surface area contributed by atoms with Gasteiger partial charge in [0.1, 0.15) is 0 Å². The largest absolute Gasteiger partial charge is 0.339 e. The molecule has 0 bridgehead atoms. The Hall–Kier alpha value is -2.04. The quantitative estimate of drug-likeness (QED) is 0.923. The van der Waals surface area contributed by atoms with Crippen molar-refractivity contribution in [3.63, 3.8) is 0 Å². The van der Waals surface area contributed by atoms with Crippen LogP contribution in [0.3, 0.4) is 0 Å². The van der Waals surface area contributed by atoms with E-state index in [0.717, 1.165) is 25.9 Å². The van der Waals surface area contributed by atoms with Gasteiger partial charge in [0.25, 0.3) is 5.91 Å². The van der Waals surface area contributed by atoms with Gasteiger partial charge in [-0.3, -0.25) is 4.79 Å². The van der Waals surface area contributed by atoms with Crippen molar-refractivity contribution >= 4 is 17.6 Å². The van der Waals surface area contributed by atoms with Crippen LogP contribution in [-0.4, -0.2) is 47.9 Å². The molecular formula is C18H27N3O2. The lowest BCUT2D eigenvalue weighted by atomic mass is 10.1. The molecule has 1 aromatic rings. The highest BCUT2D eigenvalue weighted by Crippen LogP contribution is 2.16. The van der Waals surface area contributed by atoms with E-state index in [1.807, 2.05) is 18.7 Å². The number of likely N-dealkylation sites (tertiary alicyclic amines) is 1. The maximum absolute atomic E-state index is 12.5. The van der Waals surface area contributed by atoms with Crippen molar-refractivity contribution in [3.8, 4) is 0 Å². The maximum Gasteiger partial charge on any atom is 0.321 e. The molecule has 1 aromatic carbocycles. The second-order valence-corrected chi connectivity index (χ2v) is 5.89. The van der Waals surface area contributed by atoms with Crippen molar-refractivity contribution < 1.29 is 9.59 Å².